The van der Waals surface area contributed by atoms with Gasteiger partial charge in [0.2, 0.25) is 5.91 Å². The van der Waals surface area contributed by atoms with E-state index in [0.717, 1.165) is 11.3 Å². The molecule has 1 fully saturated rings. The Morgan fingerprint density at radius 1 is 1.14 bits per heavy atom. The summed E-state index contributed by atoms with van der Waals surface area (Å²) in [7, 11) is 0. The zero-order valence-electron chi connectivity index (χ0n) is 11.6. The van der Waals surface area contributed by atoms with Crippen molar-refractivity contribution in [3.05, 3.63) is 66.0 Å². The predicted molar refractivity (Wildman–Crippen MR) is 79.9 cm³/mol. The third kappa shape index (κ3) is 3.45. The molecule has 2 atom stereocenters. The van der Waals surface area contributed by atoms with Gasteiger partial charge in [0.1, 0.15) is 6.04 Å². The van der Waals surface area contributed by atoms with Crippen molar-refractivity contribution in [1.82, 2.24) is 21.2 Å². The maximum absolute atomic E-state index is 12.2. The van der Waals surface area contributed by atoms with Crippen LogP contribution in [0.5, 0.6) is 0 Å². The number of aromatic nitrogens is 1. The minimum absolute atomic E-state index is 0.00443. The molecule has 5 nitrogen and oxygen atoms in total. The molecule has 1 saturated heterocycles. The van der Waals surface area contributed by atoms with Gasteiger partial charge in [0.25, 0.3) is 0 Å². The lowest BCUT2D eigenvalue weighted by molar-refractivity contribution is -0.123. The summed E-state index contributed by atoms with van der Waals surface area (Å²) in [6.07, 6.45) is 2.46. The Morgan fingerprint density at radius 2 is 1.95 bits per heavy atom. The highest BCUT2D eigenvalue weighted by atomic mass is 16.2. The van der Waals surface area contributed by atoms with Gasteiger partial charge in [-0.25, -0.2) is 10.9 Å². The molecule has 1 aromatic heterocycles. The number of rotatable bonds is 4. The molecule has 1 aliphatic rings. The van der Waals surface area contributed by atoms with Crippen LogP contribution in [0.2, 0.25) is 0 Å². The van der Waals surface area contributed by atoms with Crippen LogP contribution in [-0.2, 0) is 11.3 Å². The molecular formula is C16H18N4O. The number of amides is 1. The molecule has 1 amide bonds. The number of hydrazine groups is 1. The summed E-state index contributed by atoms with van der Waals surface area (Å²) in [5.41, 5.74) is 8.21. The lowest BCUT2D eigenvalue weighted by atomic mass is 10.1. The standard InChI is InChI=1S/C16H18N4O/c21-16(18-11-12-6-2-1-3-7-12)15-10-14(19-20-15)13-8-4-5-9-17-13/h1-9,14-15,19-20H,10-11H2,(H,18,21). The van der Waals surface area contributed by atoms with Crippen molar-refractivity contribution < 1.29 is 4.79 Å². The van der Waals surface area contributed by atoms with Gasteiger partial charge in [0, 0.05) is 12.7 Å². The molecule has 3 rings (SSSR count). The van der Waals surface area contributed by atoms with Crippen molar-refractivity contribution in [3.63, 3.8) is 0 Å². The minimum atomic E-state index is -0.235. The Balaban J connectivity index is 1.53. The predicted octanol–water partition coefficient (Wildman–Crippen LogP) is 1.31. The second-order valence-corrected chi connectivity index (χ2v) is 5.09. The van der Waals surface area contributed by atoms with E-state index >= 15 is 0 Å². The third-order valence-electron chi connectivity index (χ3n) is 3.57. The van der Waals surface area contributed by atoms with Gasteiger partial charge in [0.15, 0.2) is 0 Å². The van der Waals surface area contributed by atoms with E-state index < -0.39 is 0 Å². The second kappa shape index (κ2) is 6.47. The fourth-order valence-electron chi connectivity index (χ4n) is 2.41. The fraction of sp³-hybridized carbons (Fsp3) is 0.250. The van der Waals surface area contributed by atoms with Crippen LogP contribution < -0.4 is 16.2 Å². The van der Waals surface area contributed by atoms with E-state index in [4.69, 9.17) is 0 Å². The van der Waals surface area contributed by atoms with E-state index in [0.29, 0.717) is 13.0 Å². The van der Waals surface area contributed by atoms with Crippen LogP contribution in [0.15, 0.2) is 54.7 Å². The van der Waals surface area contributed by atoms with Crippen molar-refractivity contribution >= 4 is 5.91 Å². The number of benzene rings is 1. The first-order chi connectivity index (χ1) is 10.3. The zero-order chi connectivity index (χ0) is 14.5. The first kappa shape index (κ1) is 13.7. The van der Waals surface area contributed by atoms with Crippen molar-refractivity contribution in [2.75, 3.05) is 0 Å². The van der Waals surface area contributed by atoms with Gasteiger partial charge in [-0.1, -0.05) is 36.4 Å². The summed E-state index contributed by atoms with van der Waals surface area (Å²) in [4.78, 5) is 16.5. The average molecular weight is 282 g/mol. The molecular weight excluding hydrogens is 264 g/mol. The number of nitrogens with one attached hydrogen (secondary N) is 3. The van der Waals surface area contributed by atoms with Crippen LogP contribution in [0.25, 0.3) is 0 Å². The molecule has 0 radical (unpaired) electrons. The maximum atomic E-state index is 12.2. The highest BCUT2D eigenvalue weighted by Gasteiger charge is 2.30. The van der Waals surface area contributed by atoms with Gasteiger partial charge in [0.05, 0.1) is 11.7 Å². The van der Waals surface area contributed by atoms with Crippen LogP contribution >= 0.6 is 0 Å². The van der Waals surface area contributed by atoms with Crippen LogP contribution in [-0.4, -0.2) is 16.9 Å². The number of carbonyl (C=O) groups excluding carboxylic acids is 1. The molecule has 2 unspecified atom stereocenters. The lowest BCUT2D eigenvalue weighted by Crippen LogP contribution is -2.42. The van der Waals surface area contributed by atoms with Crippen molar-refractivity contribution in [3.8, 4) is 0 Å². The quantitative estimate of drug-likeness (QED) is 0.791. The molecule has 5 heteroatoms. The summed E-state index contributed by atoms with van der Waals surface area (Å²) >= 11 is 0. The molecule has 3 N–H and O–H groups in total. The number of nitrogens with zero attached hydrogens (tertiary/aromatic N) is 1. The van der Waals surface area contributed by atoms with Crippen molar-refractivity contribution in [2.45, 2.75) is 25.0 Å². The smallest absolute Gasteiger partial charge is 0.238 e. The molecule has 0 aliphatic carbocycles. The van der Waals surface area contributed by atoms with Crippen LogP contribution in [0.4, 0.5) is 0 Å². The topological polar surface area (TPSA) is 66.0 Å². The molecule has 0 spiro atoms. The summed E-state index contributed by atoms with van der Waals surface area (Å²) < 4.78 is 0. The summed E-state index contributed by atoms with van der Waals surface area (Å²) in [6.45, 7) is 0.548. The molecule has 21 heavy (non-hydrogen) atoms. The molecule has 2 aromatic rings. The number of pyridine rings is 1. The fourth-order valence-corrected chi connectivity index (χ4v) is 2.41. The van der Waals surface area contributed by atoms with Gasteiger partial charge in [-0.05, 0) is 24.1 Å². The average Bonchev–Trinajstić information content (AvgIpc) is 3.04. The molecule has 1 aromatic carbocycles. The number of hydrogen-bond acceptors (Lipinski definition) is 4. The number of carbonyl (C=O) groups is 1. The summed E-state index contributed by atoms with van der Waals surface area (Å²) in [5, 5.41) is 2.95. The van der Waals surface area contributed by atoms with Crippen LogP contribution in [0.3, 0.4) is 0 Å². The molecule has 0 saturated carbocycles. The molecule has 108 valence electrons. The zero-order valence-corrected chi connectivity index (χ0v) is 11.6. The minimum Gasteiger partial charge on any atom is -0.351 e. The first-order valence-corrected chi connectivity index (χ1v) is 7.06. The van der Waals surface area contributed by atoms with Gasteiger partial charge < -0.3 is 5.32 Å². The SMILES string of the molecule is O=C(NCc1ccccc1)C1CC(c2ccccn2)NN1. The highest BCUT2D eigenvalue weighted by Crippen LogP contribution is 2.20. The van der Waals surface area contributed by atoms with Crippen molar-refractivity contribution in [2.24, 2.45) is 0 Å². The Kier molecular flexibility index (Phi) is 4.23. The first-order valence-electron chi connectivity index (χ1n) is 7.06. The van der Waals surface area contributed by atoms with E-state index in [1.165, 1.54) is 0 Å². The van der Waals surface area contributed by atoms with Crippen LogP contribution in [0, 0.1) is 0 Å². The molecule has 2 heterocycles. The van der Waals surface area contributed by atoms with E-state index in [-0.39, 0.29) is 18.0 Å². The Labute approximate surface area is 123 Å². The summed E-state index contributed by atoms with van der Waals surface area (Å²) in [6, 6.07) is 15.5. The number of hydrogen-bond donors (Lipinski definition) is 3. The van der Waals surface area contributed by atoms with Gasteiger partial charge in [-0.2, -0.15) is 0 Å². The Hall–Kier alpha value is -2.24. The van der Waals surface area contributed by atoms with Crippen LogP contribution in [0.1, 0.15) is 23.7 Å². The Morgan fingerprint density at radius 3 is 2.71 bits per heavy atom. The van der Waals surface area contributed by atoms with E-state index in [2.05, 4.69) is 21.2 Å². The molecule has 0 bridgehead atoms. The highest BCUT2D eigenvalue weighted by molar-refractivity contribution is 5.82. The normalized spacial score (nSPS) is 21.1. The maximum Gasteiger partial charge on any atom is 0.238 e. The third-order valence-corrected chi connectivity index (χ3v) is 3.57. The van der Waals surface area contributed by atoms with E-state index in [1.54, 1.807) is 6.20 Å². The second-order valence-electron chi connectivity index (χ2n) is 5.09. The van der Waals surface area contributed by atoms with Crippen molar-refractivity contribution in [1.29, 1.82) is 0 Å². The Bertz CT molecular complexity index is 588. The van der Waals surface area contributed by atoms with E-state index in [9.17, 15) is 4.79 Å². The van der Waals surface area contributed by atoms with Gasteiger partial charge in [-0.3, -0.25) is 9.78 Å². The monoisotopic (exact) mass is 282 g/mol. The molecule has 1 aliphatic heterocycles. The lowest BCUT2D eigenvalue weighted by Gasteiger charge is -2.10. The largest absolute Gasteiger partial charge is 0.351 e. The van der Waals surface area contributed by atoms with Gasteiger partial charge in [-0.15, -0.1) is 0 Å². The van der Waals surface area contributed by atoms with Gasteiger partial charge >= 0.3 is 0 Å². The summed E-state index contributed by atoms with van der Waals surface area (Å²) in [5.74, 6) is 0.00443. The van der Waals surface area contributed by atoms with E-state index in [1.807, 2.05) is 48.5 Å².